The molecule has 0 amide bonds. The summed E-state index contributed by atoms with van der Waals surface area (Å²) in [6.07, 6.45) is 3.59. The summed E-state index contributed by atoms with van der Waals surface area (Å²) in [4.78, 5) is 11.5. The zero-order valence-electron chi connectivity index (χ0n) is 11.9. The molecule has 0 aliphatic heterocycles. The fourth-order valence-corrected chi connectivity index (χ4v) is 1.77. The van der Waals surface area contributed by atoms with Crippen molar-refractivity contribution in [1.29, 1.82) is 0 Å². The Bertz CT molecular complexity index is 399. The molecule has 0 aromatic carbocycles. The Balaban J connectivity index is 2.24. The molecule has 1 aliphatic rings. The number of nitrogens with one attached hydrogen (secondary N) is 1. The van der Waals surface area contributed by atoms with Crippen LogP contribution in [0.1, 0.15) is 51.8 Å². The Kier molecular flexibility index (Phi) is 4.04. The summed E-state index contributed by atoms with van der Waals surface area (Å²) in [5.74, 6) is 3.60. The first-order chi connectivity index (χ1) is 8.61. The van der Waals surface area contributed by atoms with Crippen LogP contribution < -0.4 is 10.2 Å². The molecule has 1 aliphatic carbocycles. The monoisotopic (exact) mass is 248 g/mol. The van der Waals surface area contributed by atoms with E-state index in [2.05, 4.69) is 49.1 Å². The third kappa shape index (κ3) is 3.12. The van der Waals surface area contributed by atoms with E-state index in [1.807, 2.05) is 0 Å². The van der Waals surface area contributed by atoms with Gasteiger partial charge in [0, 0.05) is 31.6 Å². The summed E-state index contributed by atoms with van der Waals surface area (Å²) in [5.41, 5.74) is 0. The summed E-state index contributed by atoms with van der Waals surface area (Å²) in [5, 5.41) is 3.37. The molecule has 0 unspecified atom stereocenters. The fraction of sp³-hybridized carbons (Fsp3) is 0.714. The average molecular weight is 248 g/mol. The van der Waals surface area contributed by atoms with Gasteiger partial charge in [0.05, 0.1) is 0 Å². The topological polar surface area (TPSA) is 41.0 Å². The van der Waals surface area contributed by atoms with E-state index in [1.165, 1.54) is 12.8 Å². The van der Waals surface area contributed by atoms with Gasteiger partial charge in [-0.05, 0) is 33.1 Å². The average Bonchev–Trinajstić information content (AvgIpc) is 3.19. The summed E-state index contributed by atoms with van der Waals surface area (Å²) in [6, 6.07) is 2.51. The second-order valence-electron chi connectivity index (χ2n) is 5.38. The lowest BCUT2D eigenvalue weighted by Gasteiger charge is -2.23. The van der Waals surface area contributed by atoms with Crippen molar-refractivity contribution in [1.82, 2.24) is 9.97 Å². The van der Waals surface area contributed by atoms with Crippen LogP contribution in [0.4, 0.5) is 11.6 Å². The van der Waals surface area contributed by atoms with E-state index >= 15 is 0 Å². The molecule has 1 N–H and O–H groups in total. The number of hydrogen-bond donors (Lipinski definition) is 1. The number of hydrogen-bond acceptors (Lipinski definition) is 4. The van der Waals surface area contributed by atoms with E-state index in [0.29, 0.717) is 12.0 Å². The third-order valence-corrected chi connectivity index (χ3v) is 3.36. The van der Waals surface area contributed by atoms with Gasteiger partial charge in [0.25, 0.3) is 0 Å². The van der Waals surface area contributed by atoms with Crippen LogP contribution in [0.2, 0.25) is 0 Å². The third-order valence-electron chi connectivity index (χ3n) is 3.36. The second kappa shape index (κ2) is 5.55. The van der Waals surface area contributed by atoms with E-state index in [0.717, 1.165) is 30.4 Å². The van der Waals surface area contributed by atoms with Crippen LogP contribution in [-0.2, 0) is 0 Å². The zero-order valence-corrected chi connectivity index (χ0v) is 11.9. The molecule has 2 rings (SSSR count). The molecule has 18 heavy (non-hydrogen) atoms. The summed E-state index contributed by atoms with van der Waals surface area (Å²) >= 11 is 0. The van der Waals surface area contributed by atoms with Gasteiger partial charge < -0.3 is 10.2 Å². The van der Waals surface area contributed by atoms with Gasteiger partial charge in [0.1, 0.15) is 17.5 Å². The maximum absolute atomic E-state index is 4.70. The first-order valence-corrected chi connectivity index (χ1v) is 6.97. The second-order valence-corrected chi connectivity index (χ2v) is 5.38. The molecule has 0 radical (unpaired) electrons. The number of anilines is 2. The van der Waals surface area contributed by atoms with Gasteiger partial charge in [0.15, 0.2) is 0 Å². The van der Waals surface area contributed by atoms with Gasteiger partial charge in [-0.25, -0.2) is 9.97 Å². The van der Waals surface area contributed by atoms with Gasteiger partial charge in [-0.3, -0.25) is 0 Å². The highest BCUT2D eigenvalue weighted by molar-refractivity contribution is 5.50. The van der Waals surface area contributed by atoms with Crippen molar-refractivity contribution in [3.63, 3.8) is 0 Å². The molecule has 4 nitrogen and oxygen atoms in total. The lowest BCUT2D eigenvalue weighted by atomic mass is 10.3. The molecule has 1 saturated carbocycles. The smallest absolute Gasteiger partial charge is 0.136 e. The molecule has 1 aromatic heterocycles. The number of nitrogens with zero attached hydrogens (tertiary/aromatic N) is 3. The molecule has 100 valence electrons. The SMILES string of the molecule is CCCNc1cc(N(C)C(C)C)nc(C2CC2)n1. The Morgan fingerprint density at radius 3 is 2.67 bits per heavy atom. The molecule has 0 saturated heterocycles. The van der Waals surface area contributed by atoms with Gasteiger partial charge in [-0.2, -0.15) is 0 Å². The molecule has 0 atom stereocenters. The van der Waals surface area contributed by atoms with Crippen LogP contribution in [-0.4, -0.2) is 29.6 Å². The predicted molar refractivity (Wildman–Crippen MR) is 76.3 cm³/mol. The highest BCUT2D eigenvalue weighted by Gasteiger charge is 2.27. The summed E-state index contributed by atoms with van der Waals surface area (Å²) < 4.78 is 0. The lowest BCUT2D eigenvalue weighted by molar-refractivity contribution is 0.735. The first kappa shape index (κ1) is 13.1. The maximum atomic E-state index is 4.70. The molecule has 0 spiro atoms. The highest BCUT2D eigenvalue weighted by atomic mass is 15.2. The van der Waals surface area contributed by atoms with Crippen molar-refractivity contribution in [2.45, 2.75) is 52.0 Å². The largest absolute Gasteiger partial charge is 0.370 e. The van der Waals surface area contributed by atoms with Crippen LogP contribution >= 0.6 is 0 Å². The minimum absolute atomic E-state index is 0.450. The van der Waals surface area contributed by atoms with Crippen molar-refractivity contribution in [2.24, 2.45) is 0 Å². The van der Waals surface area contributed by atoms with Gasteiger partial charge in [-0.1, -0.05) is 6.92 Å². The molecule has 4 heteroatoms. The minimum Gasteiger partial charge on any atom is -0.370 e. The molecular formula is C14H24N4. The first-order valence-electron chi connectivity index (χ1n) is 6.97. The van der Waals surface area contributed by atoms with E-state index in [4.69, 9.17) is 4.98 Å². The molecule has 1 heterocycles. The zero-order chi connectivity index (χ0) is 13.1. The van der Waals surface area contributed by atoms with Gasteiger partial charge in [-0.15, -0.1) is 0 Å². The van der Waals surface area contributed by atoms with Crippen molar-refractivity contribution in [2.75, 3.05) is 23.8 Å². The van der Waals surface area contributed by atoms with Gasteiger partial charge in [0.2, 0.25) is 0 Å². The van der Waals surface area contributed by atoms with Crippen LogP contribution in [0.15, 0.2) is 6.07 Å². The highest BCUT2D eigenvalue weighted by Crippen LogP contribution is 2.39. The van der Waals surface area contributed by atoms with Crippen molar-refractivity contribution in [3.8, 4) is 0 Å². The van der Waals surface area contributed by atoms with Crippen LogP contribution in [0.5, 0.6) is 0 Å². The van der Waals surface area contributed by atoms with Crippen molar-refractivity contribution < 1.29 is 0 Å². The van der Waals surface area contributed by atoms with Gasteiger partial charge >= 0.3 is 0 Å². The van der Waals surface area contributed by atoms with E-state index in [-0.39, 0.29) is 0 Å². The molecule has 1 fully saturated rings. The normalized spacial score (nSPS) is 14.9. The maximum Gasteiger partial charge on any atom is 0.136 e. The number of aromatic nitrogens is 2. The predicted octanol–water partition coefficient (Wildman–Crippen LogP) is 3.02. The van der Waals surface area contributed by atoms with Crippen LogP contribution in [0.25, 0.3) is 0 Å². The van der Waals surface area contributed by atoms with Crippen LogP contribution in [0.3, 0.4) is 0 Å². The van der Waals surface area contributed by atoms with E-state index in [9.17, 15) is 0 Å². The molecule has 1 aromatic rings. The quantitative estimate of drug-likeness (QED) is 0.840. The number of rotatable bonds is 6. The Labute approximate surface area is 110 Å². The fourth-order valence-electron chi connectivity index (χ4n) is 1.77. The molecule has 0 bridgehead atoms. The lowest BCUT2D eigenvalue weighted by Crippen LogP contribution is -2.27. The summed E-state index contributed by atoms with van der Waals surface area (Å²) in [7, 11) is 2.09. The Morgan fingerprint density at radius 2 is 2.11 bits per heavy atom. The minimum atomic E-state index is 0.450. The Hall–Kier alpha value is -1.32. The van der Waals surface area contributed by atoms with E-state index in [1.54, 1.807) is 0 Å². The molecular weight excluding hydrogens is 224 g/mol. The van der Waals surface area contributed by atoms with Crippen LogP contribution in [0, 0.1) is 0 Å². The standard InChI is InChI=1S/C14H24N4/c1-5-8-15-12-9-13(18(4)10(2)3)17-14(16-12)11-6-7-11/h9-11H,5-8H2,1-4H3,(H,15,16,17). The summed E-state index contributed by atoms with van der Waals surface area (Å²) in [6.45, 7) is 7.49. The Morgan fingerprint density at radius 1 is 1.39 bits per heavy atom. The van der Waals surface area contributed by atoms with Crippen molar-refractivity contribution >= 4 is 11.6 Å². The van der Waals surface area contributed by atoms with Crippen molar-refractivity contribution in [3.05, 3.63) is 11.9 Å². The van der Waals surface area contributed by atoms with E-state index < -0.39 is 0 Å².